The molecule has 0 heterocycles. The topological polar surface area (TPSA) is 49.8 Å². The van der Waals surface area contributed by atoms with E-state index >= 15 is 0 Å². The first kappa shape index (κ1) is 16.5. The summed E-state index contributed by atoms with van der Waals surface area (Å²) in [4.78, 5) is 12.9. The van der Waals surface area contributed by atoms with Crippen LogP contribution in [0.1, 0.15) is 26.3 Å². The van der Waals surface area contributed by atoms with Crippen LogP contribution in [0.5, 0.6) is 5.75 Å². The molecule has 0 saturated heterocycles. The van der Waals surface area contributed by atoms with Crippen molar-refractivity contribution in [1.82, 2.24) is 4.90 Å². The molecule has 112 valence electrons. The third kappa shape index (κ3) is 6.57. The molecule has 1 aromatic carbocycles. The van der Waals surface area contributed by atoms with Crippen molar-refractivity contribution in [2.24, 2.45) is 5.41 Å². The Labute approximate surface area is 121 Å². The lowest BCUT2D eigenvalue weighted by atomic mass is 9.96. The second kappa shape index (κ2) is 7.29. The number of ether oxygens (including phenoxy) is 1. The van der Waals surface area contributed by atoms with Gasteiger partial charge >= 0.3 is 5.97 Å². The van der Waals surface area contributed by atoms with Crippen LogP contribution in [0.2, 0.25) is 0 Å². The number of carboxylic acid groups (broad SMARTS) is 1. The van der Waals surface area contributed by atoms with Gasteiger partial charge in [0.1, 0.15) is 5.75 Å². The highest BCUT2D eigenvalue weighted by Gasteiger charge is 2.18. The molecule has 1 aromatic rings. The SMILES string of the molecule is COc1ccc(CCN(CC(=O)O)CC(C)(C)C)cc1. The third-order valence-corrected chi connectivity index (χ3v) is 2.93. The van der Waals surface area contributed by atoms with E-state index in [2.05, 4.69) is 20.8 Å². The van der Waals surface area contributed by atoms with Crippen LogP contribution in [0.15, 0.2) is 24.3 Å². The first-order valence-corrected chi connectivity index (χ1v) is 6.87. The Morgan fingerprint density at radius 3 is 2.30 bits per heavy atom. The standard InChI is InChI=1S/C16H25NO3/c1-16(2,3)12-17(11-15(18)19)10-9-13-5-7-14(20-4)8-6-13/h5-8H,9-12H2,1-4H3,(H,18,19). The molecule has 0 unspecified atom stereocenters. The highest BCUT2D eigenvalue weighted by molar-refractivity contribution is 5.69. The maximum Gasteiger partial charge on any atom is 0.317 e. The molecule has 0 bridgehead atoms. The molecule has 0 amide bonds. The molecular weight excluding hydrogens is 254 g/mol. The Morgan fingerprint density at radius 1 is 1.25 bits per heavy atom. The summed E-state index contributed by atoms with van der Waals surface area (Å²) in [6.45, 7) is 7.97. The number of aliphatic carboxylic acids is 1. The van der Waals surface area contributed by atoms with Crippen LogP contribution in [0.4, 0.5) is 0 Å². The molecule has 0 radical (unpaired) electrons. The van der Waals surface area contributed by atoms with E-state index < -0.39 is 5.97 Å². The van der Waals surface area contributed by atoms with Crippen LogP contribution >= 0.6 is 0 Å². The van der Waals surface area contributed by atoms with Gasteiger partial charge < -0.3 is 9.84 Å². The number of nitrogens with zero attached hydrogens (tertiary/aromatic N) is 1. The van der Waals surface area contributed by atoms with Gasteiger partial charge in [-0.25, -0.2) is 0 Å². The van der Waals surface area contributed by atoms with Crippen molar-refractivity contribution in [1.29, 1.82) is 0 Å². The highest BCUT2D eigenvalue weighted by Crippen LogP contribution is 2.16. The van der Waals surface area contributed by atoms with Crippen molar-refractivity contribution in [3.8, 4) is 5.75 Å². The average Bonchev–Trinajstić information content (AvgIpc) is 2.34. The van der Waals surface area contributed by atoms with E-state index in [9.17, 15) is 4.79 Å². The summed E-state index contributed by atoms with van der Waals surface area (Å²) >= 11 is 0. The number of hydrogen-bond donors (Lipinski definition) is 1. The first-order valence-electron chi connectivity index (χ1n) is 6.87. The van der Waals surface area contributed by atoms with Crippen LogP contribution in [0.25, 0.3) is 0 Å². The molecule has 1 N–H and O–H groups in total. The highest BCUT2D eigenvalue weighted by atomic mass is 16.5. The number of carbonyl (C=O) groups is 1. The second-order valence-corrected chi connectivity index (χ2v) is 6.26. The molecule has 4 nitrogen and oxygen atoms in total. The Bertz CT molecular complexity index is 420. The lowest BCUT2D eigenvalue weighted by Crippen LogP contribution is -2.37. The number of rotatable bonds is 7. The quantitative estimate of drug-likeness (QED) is 0.833. The minimum Gasteiger partial charge on any atom is -0.497 e. The van der Waals surface area contributed by atoms with Gasteiger partial charge in [-0.3, -0.25) is 9.69 Å². The number of methoxy groups -OCH3 is 1. The molecular formula is C16H25NO3. The van der Waals surface area contributed by atoms with Gasteiger partial charge in [0.15, 0.2) is 0 Å². The van der Waals surface area contributed by atoms with Crippen LogP contribution < -0.4 is 4.74 Å². The Kier molecular flexibility index (Phi) is 6.02. The molecule has 1 rings (SSSR count). The fourth-order valence-corrected chi connectivity index (χ4v) is 2.16. The van der Waals surface area contributed by atoms with Crippen molar-refractivity contribution < 1.29 is 14.6 Å². The lowest BCUT2D eigenvalue weighted by molar-refractivity contribution is -0.138. The molecule has 0 spiro atoms. The molecule has 4 heteroatoms. The van der Waals surface area contributed by atoms with Crippen LogP contribution in [0, 0.1) is 5.41 Å². The van der Waals surface area contributed by atoms with Gasteiger partial charge in [-0.2, -0.15) is 0 Å². The fraction of sp³-hybridized carbons (Fsp3) is 0.562. The predicted octanol–water partition coefficient (Wildman–Crippen LogP) is 2.67. The van der Waals surface area contributed by atoms with E-state index in [0.29, 0.717) is 0 Å². The minimum absolute atomic E-state index is 0.0907. The molecule has 0 aliphatic rings. The van der Waals surface area contributed by atoms with Crippen molar-refractivity contribution in [2.75, 3.05) is 26.7 Å². The second-order valence-electron chi connectivity index (χ2n) is 6.26. The normalized spacial score (nSPS) is 11.7. The van der Waals surface area contributed by atoms with Crippen molar-refractivity contribution in [2.45, 2.75) is 27.2 Å². The molecule has 0 saturated carbocycles. The van der Waals surface area contributed by atoms with Gasteiger partial charge in [-0.05, 0) is 29.5 Å². The zero-order chi connectivity index (χ0) is 15.2. The minimum atomic E-state index is -0.774. The van der Waals surface area contributed by atoms with Gasteiger partial charge in [0, 0.05) is 13.1 Å². The molecule has 0 atom stereocenters. The number of carboxylic acids is 1. The molecule has 0 aliphatic carbocycles. The molecule has 0 fully saturated rings. The average molecular weight is 279 g/mol. The maximum atomic E-state index is 10.9. The van der Waals surface area contributed by atoms with Crippen molar-refractivity contribution >= 4 is 5.97 Å². The van der Waals surface area contributed by atoms with E-state index in [1.54, 1.807) is 7.11 Å². The number of hydrogen-bond acceptors (Lipinski definition) is 3. The fourth-order valence-electron chi connectivity index (χ4n) is 2.16. The van der Waals surface area contributed by atoms with Gasteiger partial charge in [-0.1, -0.05) is 32.9 Å². The van der Waals surface area contributed by atoms with E-state index in [-0.39, 0.29) is 12.0 Å². The van der Waals surface area contributed by atoms with Gasteiger partial charge in [0.25, 0.3) is 0 Å². The lowest BCUT2D eigenvalue weighted by Gasteiger charge is -2.28. The summed E-state index contributed by atoms with van der Waals surface area (Å²) in [6.07, 6.45) is 0.841. The summed E-state index contributed by atoms with van der Waals surface area (Å²) in [5.41, 5.74) is 1.28. The molecule has 20 heavy (non-hydrogen) atoms. The van der Waals surface area contributed by atoms with Gasteiger partial charge in [0.2, 0.25) is 0 Å². The summed E-state index contributed by atoms with van der Waals surface area (Å²) in [6, 6.07) is 7.91. The van der Waals surface area contributed by atoms with Crippen molar-refractivity contribution in [3.05, 3.63) is 29.8 Å². The maximum absolute atomic E-state index is 10.9. The number of benzene rings is 1. The summed E-state index contributed by atoms with van der Waals surface area (Å²) in [5.74, 6) is 0.0646. The monoisotopic (exact) mass is 279 g/mol. The van der Waals surface area contributed by atoms with Crippen LogP contribution in [0.3, 0.4) is 0 Å². The summed E-state index contributed by atoms with van der Waals surface area (Å²) in [7, 11) is 1.65. The largest absolute Gasteiger partial charge is 0.497 e. The molecule has 0 aromatic heterocycles. The van der Waals surface area contributed by atoms with E-state index in [4.69, 9.17) is 9.84 Å². The van der Waals surface area contributed by atoms with Gasteiger partial charge in [-0.15, -0.1) is 0 Å². The summed E-state index contributed by atoms with van der Waals surface area (Å²) < 4.78 is 5.13. The van der Waals surface area contributed by atoms with E-state index in [1.807, 2.05) is 29.2 Å². The third-order valence-electron chi connectivity index (χ3n) is 2.93. The van der Waals surface area contributed by atoms with E-state index in [1.165, 1.54) is 5.56 Å². The van der Waals surface area contributed by atoms with Crippen LogP contribution in [-0.2, 0) is 11.2 Å². The first-order chi connectivity index (χ1) is 9.30. The van der Waals surface area contributed by atoms with Crippen molar-refractivity contribution in [3.63, 3.8) is 0 Å². The Hall–Kier alpha value is -1.55. The Morgan fingerprint density at radius 2 is 1.85 bits per heavy atom. The zero-order valence-corrected chi connectivity index (χ0v) is 12.8. The zero-order valence-electron chi connectivity index (χ0n) is 12.8. The predicted molar refractivity (Wildman–Crippen MR) is 80.2 cm³/mol. The van der Waals surface area contributed by atoms with Crippen LogP contribution in [-0.4, -0.2) is 42.7 Å². The Balaban J connectivity index is 2.57. The summed E-state index contributed by atoms with van der Waals surface area (Å²) in [5, 5.41) is 8.99. The smallest absolute Gasteiger partial charge is 0.317 e. The van der Waals surface area contributed by atoms with E-state index in [0.717, 1.165) is 25.3 Å². The molecule has 0 aliphatic heterocycles. The van der Waals surface area contributed by atoms with Gasteiger partial charge in [0.05, 0.1) is 13.7 Å².